The third-order valence-electron chi connectivity index (χ3n) is 4.25. The topological polar surface area (TPSA) is 66.0 Å². The molecule has 144 valence electrons. The van der Waals surface area contributed by atoms with E-state index < -0.39 is 0 Å². The van der Waals surface area contributed by atoms with Crippen molar-refractivity contribution in [2.75, 3.05) is 33.5 Å². The number of hydrogen-bond acceptors (Lipinski definition) is 5. The van der Waals surface area contributed by atoms with Crippen LogP contribution in [0.5, 0.6) is 23.0 Å². The van der Waals surface area contributed by atoms with E-state index in [1.807, 2.05) is 24.3 Å². The highest BCUT2D eigenvalue weighted by atomic mass is 16.6. The summed E-state index contributed by atoms with van der Waals surface area (Å²) in [6, 6.07) is 13.3. The molecule has 1 amide bonds. The van der Waals surface area contributed by atoms with Gasteiger partial charge in [0.15, 0.2) is 29.6 Å². The maximum Gasteiger partial charge on any atom is 0.257 e. The third kappa shape index (κ3) is 5.54. The Bertz CT molecular complexity index is 762. The summed E-state index contributed by atoms with van der Waals surface area (Å²) in [7, 11) is 1.57. The monoisotopic (exact) mass is 371 g/mol. The second-order valence-corrected chi connectivity index (χ2v) is 6.22. The van der Waals surface area contributed by atoms with E-state index in [0.717, 1.165) is 30.8 Å². The molecule has 1 heterocycles. The molecule has 1 N–H and O–H groups in total. The number of ether oxygens (including phenoxy) is 4. The number of hydrogen-bond donors (Lipinski definition) is 1. The van der Waals surface area contributed by atoms with E-state index in [0.29, 0.717) is 31.3 Å². The Balaban J connectivity index is 1.32. The van der Waals surface area contributed by atoms with Crippen molar-refractivity contribution in [3.05, 3.63) is 48.0 Å². The number of carbonyl (C=O) groups excluding carboxylic acids is 1. The number of para-hydroxylation sites is 2. The van der Waals surface area contributed by atoms with E-state index in [1.54, 1.807) is 19.2 Å². The fourth-order valence-electron chi connectivity index (χ4n) is 2.86. The molecule has 0 fully saturated rings. The smallest absolute Gasteiger partial charge is 0.257 e. The highest BCUT2D eigenvalue weighted by Gasteiger charge is 2.11. The number of rotatable bonds is 9. The zero-order chi connectivity index (χ0) is 18.9. The lowest BCUT2D eigenvalue weighted by Crippen LogP contribution is -2.29. The average Bonchev–Trinajstić information content (AvgIpc) is 2.72. The van der Waals surface area contributed by atoms with Crippen LogP contribution in [-0.4, -0.2) is 39.4 Å². The van der Waals surface area contributed by atoms with Gasteiger partial charge in [-0.3, -0.25) is 4.79 Å². The van der Waals surface area contributed by atoms with Crippen molar-refractivity contribution in [3.63, 3.8) is 0 Å². The van der Waals surface area contributed by atoms with Gasteiger partial charge in [0.05, 0.1) is 7.11 Å². The molecule has 27 heavy (non-hydrogen) atoms. The number of nitrogens with one attached hydrogen (secondary N) is 1. The van der Waals surface area contributed by atoms with Crippen molar-refractivity contribution in [2.45, 2.75) is 19.3 Å². The number of benzene rings is 2. The van der Waals surface area contributed by atoms with Crippen LogP contribution in [0.15, 0.2) is 42.5 Å². The van der Waals surface area contributed by atoms with Gasteiger partial charge in [-0.05, 0) is 49.1 Å². The first kappa shape index (κ1) is 18.9. The van der Waals surface area contributed by atoms with Gasteiger partial charge in [0.25, 0.3) is 5.91 Å². The molecule has 0 unspecified atom stereocenters. The molecule has 2 aromatic carbocycles. The van der Waals surface area contributed by atoms with E-state index in [-0.39, 0.29) is 12.5 Å². The number of carbonyl (C=O) groups is 1. The predicted octanol–water partition coefficient (Wildman–Crippen LogP) is 2.98. The number of aryl methyl sites for hydroxylation is 1. The van der Waals surface area contributed by atoms with Crippen LogP contribution >= 0.6 is 0 Å². The summed E-state index contributed by atoms with van der Waals surface area (Å²) in [5.74, 6) is 2.67. The zero-order valence-corrected chi connectivity index (χ0v) is 15.5. The predicted molar refractivity (Wildman–Crippen MR) is 102 cm³/mol. The Hall–Kier alpha value is -2.89. The van der Waals surface area contributed by atoms with Crippen LogP contribution < -0.4 is 24.3 Å². The summed E-state index contributed by atoms with van der Waals surface area (Å²) < 4.78 is 21.8. The molecule has 2 aromatic rings. The molecule has 3 rings (SSSR count). The molecule has 0 spiro atoms. The van der Waals surface area contributed by atoms with Gasteiger partial charge in [-0.2, -0.15) is 0 Å². The van der Waals surface area contributed by atoms with Crippen molar-refractivity contribution in [1.82, 2.24) is 5.32 Å². The maximum atomic E-state index is 11.9. The molecule has 0 radical (unpaired) electrons. The summed E-state index contributed by atoms with van der Waals surface area (Å²) in [6.07, 6.45) is 2.81. The lowest BCUT2D eigenvalue weighted by atomic mass is 10.1. The van der Waals surface area contributed by atoms with Crippen molar-refractivity contribution in [2.24, 2.45) is 0 Å². The van der Waals surface area contributed by atoms with E-state index in [4.69, 9.17) is 18.9 Å². The third-order valence-corrected chi connectivity index (χ3v) is 4.25. The van der Waals surface area contributed by atoms with Crippen LogP contribution in [0.2, 0.25) is 0 Å². The molecule has 1 aliphatic rings. The lowest BCUT2D eigenvalue weighted by Gasteiger charge is -2.18. The summed E-state index contributed by atoms with van der Waals surface area (Å²) in [5, 5.41) is 2.88. The van der Waals surface area contributed by atoms with E-state index in [9.17, 15) is 4.79 Å². The number of unbranched alkanes of at least 4 members (excludes halogenated alkanes) is 1. The average molecular weight is 371 g/mol. The first-order valence-electron chi connectivity index (χ1n) is 9.17. The van der Waals surface area contributed by atoms with E-state index in [2.05, 4.69) is 11.4 Å². The van der Waals surface area contributed by atoms with Crippen molar-refractivity contribution in [3.8, 4) is 23.0 Å². The highest BCUT2D eigenvalue weighted by Crippen LogP contribution is 2.31. The molecule has 0 aliphatic carbocycles. The van der Waals surface area contributed by atoms with Gasteiger partial charge < -0.3 is 24.3 Å². The van der Waals surface area contributed by atoms with Gasteiger partial charge in [-0.25, -0.2) is 0 Å². The molecule has 0 atom stereocenters. The second-order valence-electron chi connectivity index (χ2n) is 6.22. The summed E-state index contributed by atoms with van der Waals surface area (Å²) in [6.45, 7) is 1.80. The van der Waals surface area contributed by atoms with Crippen LogP contribution in [0, 0.1) is 0 Å². The standard InChI is InChI=1S/C21H25NO5/c1-24-17-7-2-3-8-18(17)27-15-21(23)22-11-5-4-6-16-9-10-19-20(14-16)26-13-12-25-19/h2-3,7-10,14H,4-6,11-13,15H2,1H3,(H,22,23). The van der Waals surface area contributed by atoms with Crippen LogP contribution in [-0.2, 0) is 11.2 Å². The lowest BCUT2D eigenvalue weighted by molar-refractivity contribution is -0.123. The Morgan fingerprint density at radius 2 is 1.81 bits per heavy atom. The van der Waals surface area contributed by atoms with Crippen molar-refractivity contribution >= 4 is 5.91 Å². The molecule has 0 saturated carbocycles. The van der Waals surface area contributed by atoms with Crippen LogP contribution in [0.1, 0.15) is 18.4 Å². The SMILES string of the molecule is COc1ccccc1OCC(=O)NCCCCc1ccc2c(c1)OCCO2. The molecule has 1 aliphatic heterocycles. The van der Waals surface area contributed by atoms with Crippen molar-refractivity contribution in [1.29, 1.82) is 0 Å². The van der Waals surface area contributed by atoms with Gasteiger partial charge in [-0.15, -0.1) is 0 Å². The van der Waals surface area contributed by atoms with Crippen LogP contribution in [0.4, 0.5) is 0 Å². The minimum absolute atomic E-state index is 0.0253. The first-order valence-corrected chi connectivity index (χ1v) is 9.17. The van der Waals surface area contributed by atoms with Gasteiger partial charge >= 0.3 is 0 Å². The quantitative estimate of drug-likeness (QED) is 0.687. The first-order chi connectivity index (χ1) is 13.3. The highest BCUT2D eigenvalue weighted by molar-refractivity contribution is 5.77. The minimum Gasteiger partial charge on any atom is -0.493 e. The van der Waals surface area contributed by atoms with Gasteiger partial charge in [0, 0.05) is 6.54 Å². The van der Waals surface area contributed by atoms with E-state index >= 15 is 0 Å². The molecule has 0 bridgehead atoms. The molecule has 0 aromatic heterocycles. The fraction of sp³-hybridized carbons (Fsp3) is 0.381. The molecular weight excluding hydrogens is 346 g/mol. The largest absolute Gasteiger partial charge is 0.493 e. The normalized spacial score (nSPS) is 12.3. The molecular formula is C21H25NO5. The molecule has 0 saturated heterocycles. The van der Waals surface area contributed by atoms with Gasteiger partial charge in [-0.1, -0.05) is 18.2 Å². The van der Waals surface area contributed by atoms with Gasteiger partial charge in [0.1, 0.15) is 13.2 Å². The Kier molecular flexibility index (Phi) is 6.79. The van der Waals surface area contributed by atoms with E-state index in [1.165, 1.54) is 5.56 Å². The Morgan fingerprint density at radius 3 is 2.63 bits per heavy atom. The summed E-state index contributed by atoms with van der Waals surface area (Å²) >= 11 is 0. The second kappa shape index (κ2) is 9.71. The molecule has 6 nitrogen and oxygen atoms in total. The minimum atomic E-state index is -0.139. The Morgan fingerprint density at radius 1 is 1.04 bits per heavy atom. The number of amides is 1. The molecule has 6 heteroatoms. The fourth-order valence-corrected chi connectivity index (χ4v) is 2.86. The summed E-state index contributed by atoms with van der Waals surface area (Å²) in [4.78, 5) is 11.9. The maximum absolute atomic E-state index is 11.9. The van der Waals surface area contributed by atoms with Crippen LogP contribution in [0.25, 0.3) is 0 Å². The van der Waals surface area contributed by atoms with Crippen molar-refractivity contribution < 1.29 is 23.7 Å². The number of methoxy groups -OCH3 is 1. The van der Waals surface area contributed by atoms with Gasteiger partial charge in [0.2, 0.25) is 0 Å². The summed E-state index contributed by atoms with van der Waals surface area (Å²) in [5.41, 5.74) is 1.21. The number of fused-ring (bicyclic) bond motifs is 1. The Labute approximate surface area is 159 Å². The van der Waals surface area contributed by atoms with Crippen LogP contribution in [0.3, 0.4) is 0 Å². The zero-order valence-electron chi connectivity index (χ0n) is 15.5.